The molecule has 0 aromatic heterocycles. The van der Waals surface area contributed by atoms with E-state index in [4.69, 9.17) is 9.84 Å². The fraction of sp³-hybridized carbons (Fsp3) is 0.438. The predicted molar refractivity (Wildman–Crippen MR) is 76.3 cm³/mol. The van der Waals surface area contributed by atoms with Crippen molar-refractivity contribution in [3.63, 3.8) is 0 Å². The standard InChI is InChI=1S/C16H18FNO3/c17-13-7-6-12(4-1-2-8-19)15(10-13)16(20)18-11-14-5-3-9-21-14/h6-7,10,14,19H,2-3,5,8-9,11H2,(H,18,20). The summed E-state index contributed by atoms with van der Waals surface area (Å²) >= 11 is 0. The van der Waals surface area contributed by atoms with Crippen LogP contribution in [0.2, 0.25) is 0 Å². The van der Waals surface area contributed by atoms with E-state index in [0.29, 0.717) is 18.5 Å². The van der Waals surface area contributed by atoms with Crippen LogP contribution in [0.15, 0.2) is 18.2 Å². The Balaban J connectivity index is 2.07. The van der Waals surface area contributed by atoms with E-state index in [1.54, 1.807) is 0 Å². The van der Waals surface area contributed by atoms with E-state index < -0.39 is 5.82 Å². The van der Waals surface area contributed by atoms with Gasteiger partial charge in [-0.25, -0.2) is 4.39 Å². The maximum atomic E-state index is 13.3. The number of carbonyl (C=O) groups is 1. The smallest absolute Gasteiger partial charge is 0.252 e. The van der Waals surface area contributed by atoms with Crippen LogP contribution in [0.4, 0.5) is 4.39 Å². The van der Waals surface area contributed by atoms with Crippen LogP contribution in [0.1, 0.15) is 35.2 Å². The second-order valence-corrected chi connectivity index (χ2v) is 4.81. The molecule has 4 nitrogen and oxygen atoms in total. The van der Waals surface area contributed by atoms with Crippen LogP contribution in [0.3, 0.4) is 0 Å². The second-order valence-electron chi connectivity index (χ2n) is 4.81. The van der Waals surface area contributed by atoms with Gasteiger partial charge in [0, 0.05) is 25.1 Å². The van der Waals surface area contributed by atoms with Crippen molar-refractivity contribution in [1.82, 2.24) is 5.32 Å². The molecule has 1 aromatic rings. The fourth-order valence-corrected chi connectivity index (χ4v) is 2.13. The number of amides is 1. The fourth-order valence-electron chi connectivity index (χ4n) is 2.13. The van der Waals surface area contributed by atoms with E-state index in [0.717, 1.165) is 19.4 Å². The first-order valence-corrected chi connectivity index (χ1v) is 7.00. The van der Waals surface area contributed by atoms with Crippen LogP contribution in [-0.2, 0) is 4.74 Å². The third kappa shape index (κ3) is 4.55. The maximum Gasteiger partial charge on any atom is 0.252 e. The van der Waals surface area contributed by atoms with Gasteiger partial charge in [-0.2, -0.15) is 0 Å². The SMILES string of the molecule is O=C(NCC1CCCO1)c1cc(F)ccc1C#CCCO. The number of carbonyl (C=O) groups excluding carboxylic acids is 1. The molecular formula is C16H18FNO3. The number of nitrogens with one attached hydrogen (secondary N) is 1. The van der Waals surface area contributed by atoms with Gasteiger partial charge in [-0.15, -0.1) is 0 Å². The summed E-state index contributed by atoms with van der Waals surface area (Å²) in [5.41, 5.74) is 0.660. The average Bonchev–Trinajstić information content (AvgIpc) is 3.00. The predicted octanol–water partition coefficient (Wildman–Crippen LogP) is 1.47. The van der Waals surface area contributed by atoms with Gasteiger partial charge in [-0.1, -0.05) is 11.8 Å². The van der Waals surface area contributed by atoms with E-state index in [9.17, 15) is 9.18 Å². The van der Waals surface area contributed by atoms with E-state index in [-0.39, 0.29) is 24.2 Å². The van der Waals surface area contributed by atoms with Crippen molar-refractivity contribution < 1.29 is 19.0 Å². The van der Waals surface area contributed by atoms with E-state index in [2.05, 4.69) is 17.2 Å². The highest BCUT2D eigenvalue weighted by molar-refractivity contribution is 5.96. The minimum atomic E-state index is -0.482. The van der Waals surface area contributed by atoms with Crippen molar-refractivity contribution >= 4 is 5.91 Å². The summed E-state index contributed by atoms with van der Waals surface area (Å²) in [6.07, 6.45) is 2.27. The highest BCUT2D eigenvalue weighted by Crippen LogP contribution is 2.13. The maximum absolute atomic E-state index is 13.3. The molecule has 1 heterocycles. The molecule has 1 fully saturated rings. The molecule has 2 rings (SSSR count). The van der Waals surface area contributed by atoms with Gasteiger partial charge in [0.1, 0.15) is 5.82 Å². The highest BCUT2D eigenvalue weighted by Gasteiger charge is 2.18. The van der Waals surface area contributed by atoms with Crippen molar-refractivity contribution in [3.8, 4) is 11.8 Å². The Bertz CT molecular complexity index is 556. The largest absolute Gasteiger partial charge is 0.395 e. The van der Waals surface area contributed by atoms with Gasteiger partial charge in [0.05, 0.1) is 18.3 Å². The van der Waals surface area contributed by atoms with E-state index >= 15 is 0 Å². The molecule has 21 heavy (non-hydrogen) atoms. The Morgan fingerprint density at radius 3 is 3.10 bits per heavy atom. The number of rotatable bonds is 4. The molecule has 0 aliphatic carbocycles. The number of benzene rings is 1. The van der Waals surface area contributed by atoms with Crippen molar-refractivity contribution in [2.45, 2.75) is 25.4 Å². The van der Waals surface area contributed by atoms with Gasteiger partial charge in [0.2, 0.25) is 0 Å². The molecule has 1 unspecified atom stereocenters. The van der Waals surface area contributed by atoms with Crippen LogP contribution in [0, 0.1) is 17.7 Å². The summed E-state index contributed by atoms with van der Waals surface area (Å²) in [5.74, 6) is 4.67. The molecule has 0 saturated carbocycles. The molecule has 0 radical (unpaired) electrons. The van der Waals surface area contributed by atoms with Crippen molar-refractivity contribution in [2.75, 3.05) is 19.8 Å². The second kappa shape index (κ2) is 7.77. The first kappa shape index (κ1) is 15.5. The molecule has 0 spiro atoms. The van der Waals surface area contributed by atoms with Gasteiger partial charge < -0.3 is 15.2 Å². The average molecular weight is 291 g/mol. The molecule has 0 bridgehead atoms. The van der Waals surface area contributed by atoms with Crippen molar-refractivity contribution in [1.29, 1.82) is 0 Å². The Morgan fingerprint density at radius 2 is 2.38 bits per heavy atom. The van der Waals surface area contributed by atoms with Gasteiger partial charge in [0.15, 0.2) is 0 Å². The monoisotopic (exact) mass is 291 g/mol. The zero-order valence-corrected chi connectivity index (χ0v) is 11.7. The third-order valence-electron chi connectivity index (χ3n) is 3.20. The van der Waals surface area contributed by atoms with Crippen LogP contribution in [0.5, 0.6) is 0 Å². The van der Waals surface area contributed by atoms with Crippen molar-refractivity contribution in [2.24, 2.45) is 0 Å². The molecule has 1 saturated heterocycles. The van der Waals surface area contributed by atoms with E-state index in [1.807, 2.05) is 0 Å². The zero-order chi connectivity index (χ0) is 15.1. The number of ether oxygens (including phenoxy) is 1. The summed E-state index contributed by atoms with van der Waals surface area (Å²) < 4.78 is 18.8. The quantitative estimate of drug-likeness (QED) is 0.826. The molecule has 2 N–H and O–H groups in total. The summed E-state index contributed by atoms with van der Waals surface area (Å²) in [4.78, 5) is 12.2. The Kier molecular flexibility index (Phi) is 5.73. The van der Waals surface area contributed by atoms with Crippen LogP contribution >= 0.6 is 0 Å². The minimum Gasteiger partial charge on any atom is -0.395 e. The molecule has 1 aliphatic heterocycles. The molecule has 1 aliphatic rings. The van der Waals surface area contributed by atoms with E-state index in [1.165, 1.54) is 18.2 Å². The molecule has 1 atom stereocenters. The first-order valence-electron chi connectivity index (χ1n) is 7.00. The normalized spacial score (nSPS) is 17.1. The molecule has 112 valence electrons. The van der Waals surface area contributed by atoms with Gasteiger partial charge in [-0.3, -0.25) is 4.79 Å². The highest BCUT2D eigenvalue weighted by atomic mass is 19.1. The number of hydrogen-bond acceptors (Lipinski definition) is 3. The number of hydrogen-bond donors (Lipinski definition) is 2. The summed E-state index contributed by atoms with van der Waals surface area (Å²) in [7, 11) is 0. The van der Waals surface area contributed by atoms with Crippen molar-refractivity contribution in [3.05, 3.63) is 35.1 Å². The number of aliphatic hydroxyl groups excluding tert-OH is 1. The van der Waals surface area contributed by atoms with Gasteiger partial charge >= 0.3 is 0 Å². The Labute approximate surface area is 123 Å². The summed E-state index contributed by atoms with van der Waals surface area (Å²) in [6.45, 7) is 1.09. The summed E-state index contributed by atoms with van der Waals surface area (Å²) in [6, 6.07) is 3.91. The van der Waals surface area contributed by atoms with Crippen LogP contribution in [-0.4, -0.2) is 36.9 Å². The Morgan fingerprint density at radius 1 is 1.52 bits per heavy atom. The zero-order valence-electron chi connectivity index (χ0n) is 11.7. The molecular weight excluding hydrogens is 273 g/mol. The van der Waals surface area contributed by atoms with Gasteiger partial charge in [-0.05, 0) is 31.0 Å². The first-order chi connectivity index (χ1) is 10.2. The third-order valence-corrected chi connectivity index (χ3v) is 3.20. The lowest BCUT2D eigenvalue weighted by molar-refractivity contribution is 0.0857. The molecule has 5 heteroatoms. The molecule has 1 aromatic carbocycles. The van der Waals surface area contributed by atoms with Crippen LogP contribution in [0.25, 0.3) is 0 Å². The Hall–Kier alpha value is -1.90. The lowest BCUT2D eigenvalue weighted by atomic mass is 10.1. The summed E-state index contributed by atoms with van der Waals surface area (Å²) in [5, 5.41) is 11.5. The minimum absolute atomic E-state index is 0.0337. The number of halogens is 1. The van der Waals surface area contributed by atoms with Crippen LogP contribution < -0.4 is 5.32 Å². The lowest BCUT2D eigenvalue weighted by Crippen LogP contribution is -2.32. The lowest BCUT2D eigenvalue weighted by Gasteiger charge is -2.11. The topological polar surface area (TPSA) is 58.6 Å². The molecule has 1 amide bonds. The van der Waals surface area contributed by atoms with Gasteiger partial charge in [0.25, 0.3) is 5.91 Å². The number of aliphatic hydroxyl groups is 1.